The third kappa shape index (κ3) is 7.24. The number of para-hydroxylation sites is 1. The molecule has 0 saturated carbocycles. The molecule has 1 aromatic heterocycles. The van der Waals surface area contributed by atoms with E-state index in [2.05, 4.69) is 6.92 Å². The Labute approximate surface area is 280 Å². The second-order valence-electron chi connectivity index (χ2n) is 9.15. The van der Waals surface area contributed by atoms with Crippen LogP contribution in [0.4, 0.5) is 0 Å². The number of ether oxygens (including phenoxy) is 2. The number of hydrogen-bond acceptors (Lipinski definition) is 5. The smallest absolute Gasteiger partial charge is 1.00 e. The molecule has 5 rings (SSSR count). The molecule has 6 nitrogen and oxygen atoms in total. The van der Waals surface area contributed by atoms with Gasteiger partial charge in [0.05, 0.1) is 13.2 Å². The van der Waals surface area contributed by atoms with Gasteiger partial charge in [0.1, 0.15) is 28.4 Å². The maximum atomic E-state index is 11.3. The minimum absolute atomic E-state index is 0. The van der Waals surface area contributed by atoms with Crippen molar-refractivity contribution in [2.75, 3.05) is 13.2 Å². The summed E-state index contributed by atoms with van der Waals surface area (Å²) in [6, 6.07) is 24.9. The minimum Gasteiger partial charge on any atom is -1.00 e. The Morgan fingerprint density at radius 2 is 1.57 bits per heavy atom. The van der Waals surface area contributed by atoms with Crippen LogP contribution in [0.1, 0.15) is 33.7 Å². The number of aromatic hydroxyl groups is 1. The number of hydrogen-bond donors (Lipinski definition) is 2. The van der Waals surface area contributed by atoms with E-state index < -0.39 is 5.97 Å². The number of carboxylic acids is 1. The predicted octanol–water partition coefficient (Wildman–Crippen LogP) is 1.62. The molecule has 0 aliphatic rings. The van der Waals surface area contributed by atoms with Gasteiger partial charge in [-0.25, -0.2) is 0 Å². The summed E-state index contributed by atoms with van der Waals surface area (Å²) in [7, 11) is 0. The standard InChI is InChI=1S/C32H30O6.2Na.2H/c1-2-21-19-25(22-9-4-3-5-10-22)26(33)20-30(21)37-18-8-17-36-27-14-15-29-32(24(27)13-16-31(34)35)23-11-6-7-12-28(23)38-29;;;;/h3-7,9-12,14-15,19-20,33H,2,8,13,16-18H2,1H3,(H,34,35);;;;/q;2*+1;2*-1. The third-order valence-corrected chi connectivity index (χ3v) is 6.65. The Morgan fingerprint density at radius 3 is 2.30 bits per heavy atom. The molecule has 0 aliphatic heterocycles. The Balaban J connectivity index is 0.00000220. The van der Waals surface area contributed by atoms with Gasteiger partial charge in [0.2, 0.25) is 0 Å². The van der Waals surface area contributed by atoms with Gasteiger partial charge in [-0.05, 0) is 48.2 Å². The first-order valence-electron chi connectivity index (χ1n) is 12.9. The van der Waals surface area contributed by atoms with Crippen molar-refractivity contribution in [1.29, 1.82) is 0 Å². The van der Waals surface area contributed by atoms with Crippen LogP contribution in [-0.4, -0.2) is 29.4 Å². The van der Waals surface area contributed by atoms with E-state index in [4.69, 9.17) is 13.9 Å². The number of aryl methyl sites for hydroxylation is 2. The number of rotatable bonds is 11. The topological polar surface area (TPSA) is 89.1 Å². The molecule has 0 bridgehead atoms. The summed E-state index contributed by atoms with van der Waals surface area (Å²) in [6.07, 6.45) is 1.74. The van der Waals surface area contributed by atoms with Crippen molar-refractivity contribution >= 4 is 27.9 Å². The van der Waals surface area contributed by atoms with Crippen LogP contribution in [-0.2, 0) is 17.6 Å². The van der Waals surface area contributed by atoms with Crippen molar-refractivity contribution in [2.24, 2.45) is 0 Å². The zero-order valence-corrected chi connectivity index (χ0v) is 27.3. The SMILES string of the molecule is CCc1cc(-c2ccccc2)c(O)cc1OCCCOc1ccc2oc3ccccc3c2c1CCC(=O)O.[H-].[H-].[Na+].[Na+]. The number of furan rings is 1. The molecule has 0 amide bonds. The Hall–Kier alpha value is -2.45. The van der Waals surface area contributed by atoms with Crippen LogP contribution < -0.4 is 68.6 Å². The molecule has 0 fully saturated rings. The molecule has 0 aliphatic carbocycles. The first kappa shape index (κ1) is 32.1. The molecular formula is C32H32Na2O6. The fourth-order valence-corrected chi connectivity index (χ4v) is 4.78. The van der Waals surface area contributed by atoms with E-state index in [0.29, 0.717) is 43.1 Å². The second-order valence-corrected chi connectivity index (χ2v) is 9.15. The molecule has 5 aromatic rings. The average molecular weight is 559 g/mol. The molecule has 0 unspecified atom stereocenters. The Bertz CT molecular complexity index is 1590. The molecule has 1 heterocycles. The maximum absolute atomic E-state index is 11.3. The van der Waals surface area contributed by atoms with Crippen molar-refractivity contribution in [3.05, 3.63) is 90.0 Å². The number of phenolic OH excluding ortho intramolecular Hbond substituents is 1. The Morgan fingerprint density at radius 1 is 0.875 bits per heavy atom. The largest absolute Gasteiger partial charge is 1.00 e. The molecule has 198 valence electrons. The molecule has 4 aromatic carbocycles. The second kappa shape index (κ2) is 15.0. The van der Waals surface area contributed by atoms with Gasteiger partial charge >= 0.3 is 65.1 Å². The molecule has 0 atom stereocenters. The van der Waals surface area contributed by atoms with Gasteiger partial charge in [0, 0.05) is 40.8 Å². The fourth-order valence-electron chi connectivity index (χ4n) is 4.78. The van der Waals surface area contributed by atoms with Crippen LogP contribution in [0.15, 0.2) is 83.3 Å². The van der Waals surface area contributed by atoms with Crippen LogP contribution in [0.25, 0.3) is 33.1 Å². The van der Waals surface area contributed by atoms with Gasteiger partial charge in [0.25, 0.3) is 0 Å². The van der Waals surface area contributed by atoms with Gasteiger partial charge < -0.3 is 27.0 Å². The van der Waals surface area contributed by atoms with Gasteiger partial charge in [-0.3, -0.25) is 4.79 Å². The number of carbonyl (C=O) groups is 1. The van der Waals surface area contributed by atoms with Crippen LogP contribution in [0, 0.1) is 0 Å². The van der Waals surface area contributed by atoms with Crippen LogP contribution in [0.3, 0.4) is 0 Å². The van der Waals surface area contributed by atoms with Crippen molar-refractivity contribution in [3.8, 4) is 28.4 Å². The summed E-state index contributed by atoms with van der Waals surface area (Å²) in [5.41, 5.74) is 5.09. The van der Waals surface area contributed by atoms with E-state index in [1.165, 1.54) is 0 Å². The van der Waals surface area contributed by atoms with Crippen molar-refractivity contribution < 1.29 is 90.9 Å². The van der Waals surface area contributed by atoms with E-state index in [-0.39, 0.29) is 74.1 Å². The maximum Gasteiger partial charge on any atom is 1.00 e. The zero-order chi connectivity index (χ0) is 26.5. The monoisotopic (exact) mass is 558 g/mol. The third-order valence-electron chi connectivity index (χ3n) is 6.65. The number of fused-ring (bicyclic) bond motifs is 3. The van der Waals surface area contributed by atoms with Gasteiger partial charge in [-0.1, -0.05) is 55.5 Å². The fraction of sp³-hybridized carbons (Fsp3) is 0.219. The summed E-state index contributed by atoms with van der Waals surface area (Å²) in [5.74, 6) is 0.647. The molecule has 2 N–H and O–H groups in total. The zero-order valence-electron chi connectivity index (χ0n) is 25.3. The number of benzene rings is 4. The quantitative estimate of drug-likeness (QED) is 0.189. The molecular weight excluding hydrogens is 526 g/mol. The van der Waals surface area contributed by atoms with Crippen molar-refractivity contribution in [2.45, 2.75) is 32.6 Å². The van der Waals surface area contributed by atoms with Crippen LogP contribution in [0.2, 0.25) is 0 Å². The van der Waals surface area contributed by atoms with Crippen molar-refractivity contribution in [3.63, 3.8) is 0 Å². The van der Waals surface area contributed by atoms with E-state index in [1.807, 2.05) is 72.8 Å². The minimum atomic E-state index is -0.859. The van der Waals surface area contributed by atoms with E-state index in [1.54, 1.807) is 6.07 Å². The molecule has 0 radical (unpaired) electrons. The van der Waals surface area contributed by atoms with Crippen LogP contribution >= 0.6 is 0 Å². The number of carboxylic acid groups (broad SMARTS) is 1. The normalized spacial score (nSPS) is 10.6. The predicted molar refractivity (Wildman–Crippen MR) is 150 cm³/mol. The van der Waals surface area contributed by atoms with Gasteiger partial charge in [-0.15, -0.1) is 0 Å². The first-order chi connectivity index (χ1) is 18.5. The molecule has 0 spiro atoms. The van der Waals surface area contributed by atoms with E-state index >= 15 is 0 Å². The van der Waals surface area contributed by atoms with Gasteiger partial charge in [0.15, 0.2) is 0 Å². The molecule has 0 saturated heterocycles. The summed E-state index contributed by atoms with van der Waals surface area (Å²) < 4.78 is 18.1. The first-order valence-corrected chi connectivity index (χ1v) is 12.9. The summed E-state index contributed by atoms with van der Waals surface area (Å²) >= 11 is 0. The summed E-state index contributed by atoms with van der Waals surface area (Å²) in [5, 5.41) is 21.8. The summed E-state index contributed by atoms with van der Waals surface area (Å²) in [4.78, 5) is 11.3. The molecule has 40 heavy (non-hydrogen) atoms. The van der Waals surface area contributed by atoms with Gasteiger partial charge in [-0.2, -0.15) is 0 Å². The number of aliphatic carboxylic acids is 1. The van der Waals surface area contributed by atoms with E-state index in [0.717, 1.165) is 45.0 Å². The van der Waals surface area contributed by atoms with Crippen molar-refractivity contribution in [1.82, 2.24) is 0 Å². The Kier molecular flexibility index (Phi) is 12.0. The van der Waals surface area contributed by atoms with E-state index in [9.17, 15) is 15.0 Å². The number of phenols is 1. The average Bonchev–Trinajstić information content (AvgIpc) is 3.31. The van der Waals surface area contributed by atoms with Crippen LogP contribution in [0.5, 0.6) is 17.2 Å². The molecule has 8 heteroatoms. The summed E-state index contributed by atoms with van der Waals surface area (Å²) in [6.45, 7) is 2.88.